The van der Waals surface area contributed by atoms with Gasteiger partial charge in [-0.3, -0.25) is 24.0 Å². The lowest BCUT2D eigenvalue weighted by atomic mass is 9.81. The molecule has 204 valence electrons. The van der Waals surface area contributed by atoms with Crippen LogP contribution in [0.3, 0.4) is 0 Å². The summed E-state index contributed by atoms with van der Waals surface area (Å²) < 4.78 is 24.6. The molecular weight excluding hydrogens is 508 g/mol. The first-order valence-electron chi connectivity index (χ1n) is 12.0. The molecule has 3 aromatic carbocycles. The third kappa shape index (κ3) is 8.13. The van der Waals surface area contributed by atoms with Crippen LogP contribution in [0.2, 0.25) is 0 Å². The van der Waals surface area contributed by atoms with E-state index < -0.39 is 49.3 Å². The Kier molecular flexibility index (Phi) is 10.1. The Morgan fingerprint density at radius 3 is 1.82 bits per heavy atom. The molecule has 3 aromatic rings. The van der Waals surface area contributed by atoms with Crippen LogP contribution in [-0.4, -0.2) is 50.4 Å². The lowest BCUT2D eigenvalue weighted by molar-refractivity contribution is -0.179. The summed E-state index contributed by atoms with van der Waals surface area (Å²) in [5.41, 5.74) is 0.865. The van der Waals surface area contributed by atoms with Gasteiger partial charge in [0.2, 0.25) is 13.6 Å². The number of carbonyl (C=O) groups is 5. The van der Waals surface area contributed by atoms with Gasteiger partial charge in [-0.1, -0.05) is 48.5 Å². The topological polar surface area (TPSA) is 132 Å². The molecule has 0 N–H and O–H groups in total. The number of Topliss-reactive ketones (excluding diaryl/α,β-unsaturated/α-hetero) is 1. The highest BCUT2D eigenvalue weighted by Crippen LogP contribution is 2.33. The van der Waals surface area contributed by atoms with E-state index in [-0.39, 0.29) is 12.2 Å². The fraction of sp³-hybridized carbons (Fsp3) is 0.276. The zero-order valence-electron chi connectivity index (χ0n) is 21.7. The summed E-state index contributed by atoms with van der Waals surface area (Å²) in [7, 11) is 1.56. The molecular formula is C29H28O10. The third-order valence-corrected chi connectivity index (χ3v) is 5.84. The van der Waals surface area contributed by atoms with E-state index in [1.165, 1.54) is 0 Å². The number of methoxy groups -OCH3 is 1. The average molecular weight is 537 g/mol. The number of benzene rings is 3. The molecule has 10 heteroatoms. The Bertz CT molecular complexity index is 1320. The Balaban J connectivity index is 1.94. The Labute approximate surface area is 224 Å². The summed E-state index contributed by atoms with van der Waals surface area (Å²) >= 11 is 0. The molecule has 1 atom stereocenters. The molecule has 39 heavy (non-hydrogen) atoms. The van der Waals surface area contributed by atoms with Gasteiger partial charge < -0.3 is 23.7 Å². The fourth-order valence-electron chi connectivity index (χ4n) is 3.92. The van der Waals surface area contributed by atoms with E-state index in [2.05, 4.69) is 9.47 Å². The number of hydrogen-bond donors (Lipinski definition) is 0. The zero-order valence-corrected chi connectivity index (χ0v) is 21.7. The molecule has 0 heterocycles. The first-order valence-corrected chi connectivity index (χ1v) is 12.0. The predicted molar refractivity (Wildman–Crippen MR) is 138 cm³/mol. The average Bonchev–Trinajstić information content (AvgIpc) is 2.92. The van der Waals surface area contributed by atoms with Gasteiger partial charge in [-0.15, -0.1) is 0 Å². The largest absolute Gasteiger partial charge is 0.497 e. The number of rotatable bonds is 12. The maximum Gasteiger partial charge on any atom is 0.323 e. The summed E-state index contributed by atoms with van der Waals surface area (Å²) in [6.45, 7) is 0.796. The Morgan fingerprint density at radius 2 is 1.26 bits per heavy atom. The van der Waals surface area contributed by atoms with E-state index in [0.717, 1.165) is 24.6 Å². The van der Waals surface area contributed by atoms with E-state index in [0.29, 0.717) is 16.9 Å². The van der Waals surface area contributed by atoms with Gasteiger partial charge in [0, 0.05) is 31.7 Å². The molecule has 0 aliphatic carbocycles. The number of carbonyl (C=O) groups excluding carboxylic acids is 5. The molecule has 0 fully saturated rings. The third-order valence-electron chi connectivity index (χ3n) is 5.84. The SMILES string of the molecule is COc1ccc2cc(C(=O)CC(c3ccccc3)C(C(=O)OCOC(C)=O)C(=O)OCOC(C)=O)ccc2c1. The molecule has 0 saturated carbocycles. The van der Waals surface area contributed by atoms with Crippen molar-refractivity contribution in [2.75, 3.05) is 20.7 Å². The lowest BCUT2D eigenvalue weighted by Gasteiger charge is -2.24. The van der Waals surface area contributed by atoms with Crippen LogP contribution in [0.4, 0.5) is 0 Å². The molecule has 0 aliphatic heterocycles. The highest BCUT2D eigenvalue weighted by Gasteiger charge is 2.40. The van der Waals surface area contributed by atoms with Gasteiger partial charge in [0.05, 0.1) is 7.11 Å². The molecule has 3 rings (SSSR count). The van der Waals surface area contributed by atoms with Crippen molar-refractivity contribution in [2.24, 2.45) is 5.92 Å². The van der Waals surface area contributed by atoms with E-state index in [1.807, 2.05) is 12.1 Å². The molecule has 10 nitrogen and oxygen atoms in total. The summed E-state index contributed by atoms with van der Waals surface area (Å²) in [4.78, 5) is 61.9. The van der Waals surface area contributed by atoms with Crippen LogP contribution < -0.4 is 4.74 Å². The highest BCUT2D eigenvalue weighted by molar-refractivity contribution is 6.02. The summed E-state index contributed by atoms with van der Waals surface area (Å²) in [6.07, 6.45) is -0.262. The minimum absolute atomic E-state index is 0.262. The molecule has 0 saturated heterocycles. The number of ether oxygens (including phenoxy) is 5. The number of ketones is 1. The molecule has 0 aromatic heterocycles. The Hall–Kier alpha value is -4.73. The van der Waals surface area contributed by atoms with Crippen molar-refractivity contribution < 1.29 is 47.7 Å². The molecule has 0 amide bonds. The van der Waals surface area contributed by atoms with Crippen LogP contribution in [0.15, 0.2) is 66.7 Å². The number of fused-ring (bicyclic) bond motifs is 1. The van der Waals surface area contributed by atoms with Gasteiger partial charge in [0.1, 0.15) is 5.75 Å². The minimum atomic E-state index is -1.63. The van der Waals surface area contributed by atoms with Crippen molar-refractivity contribution in [3.8, 4) is 5.75 Å². The van der Waals surface area contributed by atoms with Crippen molar-refractivity contribution in [2.45, 2.75) is 26.2 Å². The molecule has 0 spiro atoms. The normalized spacial score (nSPS) is 11.4. The zero-order chi connectivity index (χ0) is 28.4. The van der Waals surface area contributed by atoms with Crippen LogP contribution in [-0.2, 0) is 38.1 Å². The van der Waals surface area contributed by atoms with E-state index in [1.54, 1.807) is 61.7 Å². The Morgan fingerprint density at radius 1 is 0.692 bits per heavy atom. The van der Waals surface area contributed by atoms with Crippen LogP contribution in [0.5, 0.6) is 5.75 Å². The van der Waals surface area contributed by atoms with Gasteiger partial charge in [0.25, 0.3) is 0 Å². The quantitative estimate of drug-likeness (QED) is 0.145. The smallest absolute Gasteiger partial charge is 0.323 e. The van der Waals surface area contributed by atoms with Crippen molar-refractivity contribution in [3.05, 3.63) is 77.9 Å². The second-order valence-electron chi connectivity index (χ2n) is 8.48. The summed E-state index contributed by atoms with van der Waals surface area (Å²) in [5, 5.41) is 1.67. The van der Waals surface area contributed by atoms with Gasteiger partial charge in [-0.2, -0.15) is 0 Å². The molecule has 0 aliphatic rings. The molecule has 1 unspecified atom stereocenters. The first kappa shape index (κ1) is 28.8. The van der Waals surface area contributed by atoms with Crippen molar-refractivity contribution in [1.29, 1.82) is 0 Å². The monoisotopic (exact) mass is 536 g/mol. The second-order valence-corrected chi connectivity index (χ2v) is 8.48. The van der Waals surface area contributed by atoms with E-state index in [9.17, 15) is 24.0 Å². The van der Waals surface area contributed by atoms with Crippen LogP contribution in [0.1, 0.15) is 42.1 Å². The summed E-state index contributed by atoms with van der Waals surface area (Å²) in [6, 6.07) is 19.0. The maximum absolute atomic E-state index is 13.5. The van der Waals surface area contributed by atoms with Crippen molar-refractivity contribution >= 4 is 40.4 Å². The van der Waals surface area contributed by atoms with Gasteiger partial charge in [-0.05, 0) is 34.5 Å². The van der Waals surface area contributed by atoms with Crippen LogP contribution >= 0.6 is 0 Å². The van der Waals surface area contributed by atoms with Crippen LogP contribution in [0.25, 0.3) is 10.8 Å². The fourth-order valence-corrected chi connectivity index (χ4v) is 3.92. The molecule has 0 radical (unpaired) electrons. The lowest BCUT2D eigenvalue weighted by Crippen LogP contribution is -2.35. The van der Waals surface area contributed by atoms with Crippen LogP contribution in [0, 0.1) is 5.92 Å². The van der Waals surface area contributed by atoms with E-state index in [4.69, 9.17) is 14.2 Å². The van der Waals surface area contributed by atoms with E-state index >= 15 is 0 Å². The van der Waals surface area contributed by atoms with Crippen molar-refractivity contribution in [3.63, 3.8) is 0 Å². The van der Waals surface area contributed by atoms with Gasteiger partial charge in [0.15, 0.2) is 11.7 Å². The highest BCUT2D eigenvalue weighted by atomic mass is 16.7. The minimum Gasteiger partial charge on any atom is -0.497 e. The van der Waals surface area contributed by atoms with Gasteiger partial charge >= 0.3 is 23.9 Å². The van der Waals surface area contributed by atoms with Gasteiger partial charge in [-0.25, -0.2) is 0 Å². The summed E-state index contributed by atoms with van der Waals surface area (Å²) in [5.74, 6) is -5.85. The predicted octanol–water partition coefficient (Wildman–Crippen LogP) is 3.95. The second kappa shape index (κ2) is 13.7. The first-order chi connectivity index (χ1) is 18.7. The van der Waals surface area contributed by atoms with Crippen molar-refractivity contribution in [1.82, 2.24) is 0 Å². The maximum atomic E-state index is 13.5. The number of esters is 4. The molecule has 0 bridgehead atoms. The number of hydrogen-bond acceptors (Lipinski definition) is 10. The standard InChI is InChI=1S/C29H28O10/c1-18(30)36-16-38-28(33)27(29(34)39-17-37-19(2)31)25(20-7-5-4-6-8-20)15-26(32)23-10-9-22-14-24(35-3)12-11-21(22)13-23/h4-14,25,27H,15-17H2,1-3H3.